The molecule has 0 fully saturated rings. The van der Waals surface area contributed by atoms with Crippen molar-refractivity contribution >= 4 is 23.0 Å². The molecule has 3 aromatic rings. The molecule has 29 heavy (non-hydrogen) atoms. The summed E-state index contributed by atoms with van der Waals surface area (Å²) in [5, 5.41) is 16.4. The number of para-hydroxylation sites is 1. The van der Waals surface area contributed by atoms with E-state index >= 15 is 0 Å². The van der Waals surface area contributed by atoms with Crippen LogP contribution in [0.2, 0.25) is 0 Å². The first kappa shape index (κ1) is 20.1. The molecule has 1 amide bonds. The number of rotatable bonds is 6. The summed E-state index contributed by atoms with van der Waals surface area (Å²) in [6.45, 7) is 3.80. The summed E-state index contributed by atoms with van der Waals surface area (Å²) in [5.41, 5.74) is -0.499. The number of hydrogen-bond donors (Lipinski definition) is 3. The fourth-order valence-electron chi connectivity index (χ4n) is 3.06. The van der Waals surface area contributed by atoms with Crippen LogP contribution in [0.3, 0.4) is 0 Å². The van der Waals surface area contributed by atoms with Gasteiger partial charge in [0.15, 0.2) is 5.75 Å². The molecule has 0 atom stereocenters. The van der Waals surface area contributed by atoms with Crippen molar-refractivity contribution in [1.82, 2.24) is 4.90 Å². The third-order valence-electron chi connectivity index (χ3n) is 4.78. The summed E-state index contributed by atoms with van der Waals surface area (Å²) >= 11 is 0. The van der Waals surface area contributed by atoms with Gasteiger partial charge in [0.25, 0.3) is 16.8 Å². The lowest BCUT2D eigenvalue weighted by Gasteiger charge is -2.30. The van der Waals surface area contributed by atoms with Crippen LogP contribution < -0.4 is 21.5 Å². The van der Waals surface area contributed by atoms with Crippen molar-refractivity contribution in [3.63, 3.8) is 0 Å². The number of nitrogens with zero attached hydrogens (tertiary/aromatic N) is 1. The van der Waals surface area contributed by atoms with E-state index < -0.39 is 16.4 Å². The molecule has 0 aliphatic heterocycles. The fraction of sp³-hybridized carbons (Fsp3) is 0.227. The van der Waals surface area contributed by atoms with Gasteiger partial charge in [0, 0.05) is 14.1 Å². The number of aromatic hydroxyl groups is 1. The van der Waals surface area contributed by atoms with Crippen LogP contribution in [0.1, 0.15) is 29.8 Å². The van der Waals surface area contributed by atoms with Gasteiger partial charge in [0.2, 0.25) is 0 Å². The standard InChI is InChI=1S/C22H23N3O4/c1-22(2,13-9-6-5-7-10-13)24-17-16(19(27)20(17)28)23-15-12-8-11-14(18(15)26)21(29)25(3)4/h5-12,23-24,26H,1-4H3. The predicted molar refractivity (Wildman–Crippen MR) is 114 cm³/mol. The zero-order valence-corrected chi connectivity index (χ0v) is 16.7. The smallest absolute Gasteiger partial charge is 0.257 e. The van der Waals surface area contributed by atoms with E-state index in [9.17, 15) is 19.5 Å². The molecule has 7 nitrogen and oxygen atoms in total. The van der Waals surface area contributed by atoms with Gasteiger partial charge in [-0.2, -0.15) is 0 Å². The molecular weight excluding hydrogens is 370 g/mol. The quantitative estimate of drug-likeness (QED) is 0.440. The second kappa shape index (κ2) is 7.43. The average Bonchev–Trinajstić information content (AvgIpc) is 2.71. The van der Waals surface area contributed by atoms with Crippen LogP contribution >= 0.6 is 0 Å². The highest BCUT2D eigenvalue weighted by molar-refractivity contribution is 5.99. The molecule has 7 heteroatoms. The van der Waals surface area contributed by atoms with Crippen LogP contribution in [0.5, 0.6) is 5.75 Å². The molecule has 0 aromatic heterocycles. The maximum absolute atomic E-state index is 12.2. The van der Waals surface area contributed by atoms with Gasteiger partial charge in [-0.1, -0.05) is 36.4 Å². The van der Waals surface area contributed by atoms with Crippen molar-refractivity contribution < 1.29 is 9.90 Å². The molecule has 3 N–H and O–H groups in total. The van der Waals surface area contributed by atoms with E-state index in [0.29, 0.717) is 0 Å². The summed E-state index contributed by atoms with van der Waals surface area (Å²) in [4.78, 5) is 37.9. The summed E-state index contributed by atoms with van der Waals surface area (Å²) in [6, 6.07) is 14.1. The molecule has 0 aliphatic carbocycles. The van der Waals surface area contributed by atoms with Crippen molar-refractivity contribution in [2.24, 2.45) is 0 Å². The fourth-order valence-corrected chi connectivity index (χ4v) is 3.06. The minimum Gasteiger partial charge on any atom is -0.505 e. The van der Waals surface area contributed by atoms with Gasteiger partial charge < -0.3 is 20.6 Å². The maximum atomic E-state index is 12.2. The molecular formula is C22H23N3O4. The maximum Gasteiger partial charge on any atom is 0.257 e. The summed E-state index contributed by atoms with van der Waals surface area (Å²) in [6.07, 6.45) is 0. The Morgan fingerprint density at radius 2 is 1.55 bits per heavy atom. The number of hydrogen-bond acceptors (Lipinski definition) is 6. The Labute approximate surface area is 168 Å². The second-order valence-corrected chi connectivity index (χ2v) is 7.55. The number of carbonyl (C=O) groups is 1. The highest BCUT2D eigenvalue weighted by atomic mass is 16.3. The van der Waals surface area contributed by atoms with Crippen molar-refractivity contribution in [2.75, 3.05) is 24.7 Å². The zero-order valence-electron chi connectivity index (χ0n) is 16.7. The van der Waals surface area contributed by atoms with Crippen LogP contribution in [-0.4, -0.2) is 30.0 Å². The number of phenolic OH excluding ortho intramolecular Hbond substituents is 1. The molecule has 0 bridgehead atoms. The monoisotopic (exact) mass is 393 g/mol. The van der Waals surface area contributed by atoms with Gasteiger partial charge >= 0.3 is 0 Å². The summed E-state index contributed by atoms with van der Waals surface area (Å²) in [5.74, 6) is -0.660. The number of phenols is 1. The lowest BCUT2D eigenvalue weighted by atomic mass is 9.93. The van der Waals surface area contributed by atoms with Crippen LogP contribution in [0.25, 0.3) is 0 Å². The van der Waals surface area contributed by atoms with Crippen LogP contribution in [0.4, 0.5) is 17.1 Å². The predicted octanol–water partition coefficient (Wildman–Crippen LogP) is 2.78. The van der Waals surface area contributed by atoms with Gasteiger partial charge in [-0.3, -0.25) is 14.4 Å². The highest BCUT2D eigenvalue weighted by Crippen LogP contribution is 2.33. The first-order valence-electron chi connectivity index (χ1n) is 9.11. The van der Waals surface area contributed by atoms with Crippen molar-refractivity contribution in [2.45, 2.75) is 19.4 Å². The minimum absolute atomic E-state index is 0.0590. The minimum atomic E-state index is -0.680. The van der Waals surface area contributed by atoms with E-state index in [0.717, 1.165) is 5.56 Å². The molecule has 0 saturated carbocycles. The number of amides is 1. The van der Waals surface area contributed by atoms with Crippen LogP contribution in [0, 0.1) is 0 Å². The van der Waals surface area contributed by atoms with Gasteiger partial charge in [0.05, 0.1) is 16.8 Å². The van der Waals surface area contributed by atoms with Gasteiger partial charge in [-0.15, -0.1) is 0 Å². The molecule has 3 aromatic carbocycles. The third kappa shape index (κ3) is 3.71. The van der Waals surface area contributed by atoms with Crippen molar-refractivity contribution in [3.05, 3.63) is 80.1 Å². The highest BCUT2D eigenvalue weighted by Gasteiger charge is 2.29. The Morgan fingerprint density at radius 1 is 0.931 bits per heavy atom. The Bertz CT molecular complexity index is 1130. The molecule has 3 rings (SSSR count). The normalized spacial score (nSPS) is 11.3. The molecule has 0 spiro atoms. The Balaban J connectivity index is 1.93. The molecule has 0 saturated heterocycles. The van der Waals surface area contributed by atoms with E-state index in [1.807, 2.05) is 44.2 Å². The van der Waals surface area contributed by atoms with Crippen LogP contribution in [-0.2, 0) is 5.54 Å². The Kier molecular flexibility index (Phi) is 5.16. The number of anilines is 3. The zero-order chi connectivity index (χ0) is 21.3. The van der Waals surface area contributed by atoms with E-state index in [-0.39, 0.29) is 34.3 Å². The summed E-state index contributed by atoms with van der Waals surface area (Å²) in [7, 11) is 3.15. The summed E-state index contributed by atoms with van der Waals surface area (Å²) < 4.78 is 0. The van der Waals surface area contributed by atoms with Crippen LogP contribution in [0.15, 0.2) is 58.1 Å². The molecule has 0 aliphatic rings. The van der Waals surface area contributed by atoms with E-state index in [1.165, 1.54) is 17.0 Å². The molecule has 150 valence electrons. The number of carbonyl (C=O) groups excluding carboxylic acids is 1. The number of nitrogens with one attached hydrogen (secondary N) is 2. The van der Waals surface area contributed by atoms with E-state index in [1.54, 1.807) is 20.2 Å². The largest absolute Gasteiger partial charge is 0.505 e. The Morgan fingerprint density at radius 3 is 2.17 bits per heavy atom. The third-order valence-corrected chi connectivity index (χ3v) is 4.78. The lowest BCUT2D eigenvalue weighted by molar-refractivity contribution is 0.0824. The first-order valence-corrected chi connectivity index (χ1v) is 9.11. The van der Waals surface area contributed by atoms with Gasteiger partial charge in [0.1, 0.15) is 11.4 Å². The topological polar surface area (TPSA) is 98.7 Å². The van der Waals surface area contributed by atoms with E-state index in [2.05, 4.69) is 10.6 Å². The first-order chi connectivity index (χ1) is 13.6. The van der Waals surface area contributed by atoms with E-state index in [4.69, 9.17) is 0 Å². The molecule has 0 unspecified atom stereocenters. The molecule has 0 radical (unpaired) electrons. The molecule has 0 heterocycles. The van der Waals surface area contributed by atoms with Gasteiger partial charge in [-0.05, 0) is 31.5 Å². The average molecular weight is 393 g/mol. The van der Waals surface area contributed by atoms with Crippen molar-refractivity contribution in [3.8, 4) is 5.75 Å². The Hall–Kier alpha value is -3.61. The SMILES string of the molecule is CN(C)C(=O)c1cccc(Nc2c(NC(C)(C)c3ccccc3)c(=O)c2=O)c1O. The lowest BCUT2D eigenvalue weighted by Crippen LogP contribution is -2.41. The van der Waals surface area contributed by atoms with Crippen molar-refractivity contribution in [1.29, 1.82) is 0 Å². The number of benzene rings is 2. The second-order valence-electron chi connectivity index (χ2n) is 7.55. The van der Waals surface area contributed by atoms with Gasteiger partial charge in [-0.25, -0.2) is 0 Å².